The van der Waals surface area contributed by atoms with Gasteiger partial charge in [0, 0.05) is 11.7 Å². The van der Waals surface area contributed by atoms with Crippen molar-refractivity contribution in [3.05, 3.63) is 22.4 Å². The van der Waals surface area contributed by atoms with Crippen molar-refractivity contribution in [3.63, 3.8) is 0 Å². The molecule has 0 amide bonds. The molecule has 0 spiro atoms. The van der Waals surface area contributed by atoms with E-state index in [0.717, 1.165) is 23.0 Å². The fraction of sp³-hybridized carbons (Fsp3) is 0.375. The fourth-order valence-electron chi connectivity index (χ4n) is 1.10. The minimum Gasteiger partial charge on any atom is -0.423 e. The van der Waals surface area contributed by atoms with Gasteiger partial charge in [-0.3, -0.25) is 0 Å². The molecule has 1 aromatic rings. The maximum absolute atomic E-state index is 8.91. The summed E-state index contributed by atoms with van der Waals surface area (Å²) in [5, 5.41) is 17.8. The van der Waals surface area contributed by atoms with Gasteiger partial charge in [0.05, 0.1) is 0 Å². The van der Waals surface area contributed by atoms with Crippen LogP contribution in [0.3, 0.4) is 0 Å². The molecule has 13 heavy (non-hydrogen) atoms. The van der Waals surface area contributed by atoms with Crippen LogP contribution in [0.4, 0.5) is 0 Å². The van der Waals surface area contributed by atoms with Crippen molar-refractivity contribution < 1.29 is 10.0 Å². The summed E-state index contributed by atoms with van der Waals surface area (Å²) in [5.74, 6) is 0. The summed E-state index contributed by atoms with van der Waals surface area (Å²) in [5.41, 5.74) is 1.44. The molecule has 0 aromatic carbocycles. The van der Waals surface area contributed by atoms with Gasteiger partial charge in [-0.1, -0.05) is 19.4 Å². The number of aromatic nitrogens is 1. The molecule has 0 aliphatic rings. The van der Waals surface area contributed by atoms with Crippen molar-refractivity contribution in [1.29, 1.82) is 0 Å². The van der Waals surface area contributed by atoms with Gasteiger partial charge in [-0.2, -0.15) is 0 Å². The number of aryl methyl sites for hydroxylation is 1. The fourth-order valence-corrected chi connectivity index (χ4v) is 1.51. The number of hydrogen-bond acceptors (Lipinski definition) is 3. The first-order chi connectivity index (χ1) is 6.15. The largest absolute Gasteiger partial charge is 0.490 e. The SMILES string of the molecule is CCCc1cc(B(O)O)cnc1Br. The summed E-state index contributed by atoms with van der Waals surface area (Å²) < 4.78 is 0.777. The molecule has 0 aliphatic carbocycles. The van der Waals surface area contributed by atoms with E-state index < -0.39 is 7.12 Å². The predicted octanol–water partition coefficient (Wildman–Crippen LogP) is 0.476. The molecule has 0 radical (unpaired) electrons. The third-order valence-corrected chi connectivity index (χ3v) is 2.46. The lowest BCUT2D eigenvalue weighted by atomic mass is 9.81. The highest BCUT2D eigenvalue weighted by atomic mass is 79.9. The van der Waals surface area contributed by atoms with Crippen molar-refractivity contribution in [2.75, 3.05) is 0 Å². The van der Waals surface area contributed by atoms with E-state index >= 15 is 0 Å². The molecule has 0 saturated carbocycles. The molecular formula is C8H11BBrNO2. The normalized spacial score (nSPS) is 10.2. The second kappa shape index (κ2) is 4.74. The van der Waals surface area contributed by atoms with Gasteiger partial charge < -0.3 is 10.0 Å². The molecule has 2 N–H and O–H groups in total. The zero-order valence-corrected chi connectivity index (χ0v) is 8.95. The summed E-state index contributed by atoms with van der Waals surface area (Å²) in [6.45, 7) is 2.06. The third kappa shape index (κ3) is 2.79. The number of hydrogen-bond donors (Lipinski definition) is 2. The number of pyridine rings is 1. The Morgan fingerprint density at radius 1 is 1.54 bits per heavy atom. The first-order valence-electron chi connectivity index (χ1n) is 4.15. The van der Waals surface area contributed by atoms with Crippen LogP contribution in [0.5, 0.6) is 0 Å². The highest BCUT2D eigenvalue weighted by Crippen LogP contribution is 2.13. The average molecular weight is 244 g/mol. The Labute approximate surface area is 86.1 Å². The van der Waals surface area contributed by atoms with Crippen LogP contribution in [0.1, 0.15) is 18.9 Å². The van der Waals surface area contributed by atoms with Crippen molar-refractivity contribution in [3.8, 4) is 0 Å². The number of halogens is 1. The zero-order chi connectivity index (χ0) is 9.84. The van der Waals surface area contributed by atoms with E-state index in [2.05, 4.69) is 27.8 Å². The summed E-state index contributed by atoms with van der Waals surface area (Å²) in [7, 11) is -1.43. The zero-order valence-electron chi connectivity index (χ0n) is 7.37. The van der Waals surface area contributed by atoms with Gasteiger partial charge in [0.15, 0.2) is 0 Å². The topological polar surface area (TPSA) is 53.4 Å². The van der Waals surface area contributed by atoms with Gasteiger partial charge in [-0.15, -0.1) is 0 Å². The van der Waals surface area contributed by atoms with Crippen molar-refractivity contribution in [1.82, 2.24) is 4.98 Å². The van der Waals surface area contributed by atoms with Crippen LogP contribution in [-0.2, 0) is 6.42 Å². The highest BCUT2D eigenvalue weighted by molar-refractivity contribution is 9.10. The van der Waals surface area contributed by atoms with Crippen LogP contribution in [0.2, 0.25) is 0 Å². The lowest BCUT2D eigenvalue weighted by molar-refractivity contribution is 0.425. The lowest BCUT2D eigenvalue weighted by Crippen LogP contribution is -2.30. The Morgan fingerprint density at radius 2 is 2.23 bits per heavy atom. The number of nitrogens with zero attached hydrogens (tertiary/aromatic N) is 1. The van der Waals surface area contributed by atoms with E-state index in [0.29, 0.717) is 5.46 Å². The minimum absolute atomic E-state index is 0.437. The maximum atomic E-state index is 8.91. The van der Waals surface area contributed by atoms with Gasteiger partial charge in [-0.05, 0) is 27.9 Å². The molecule has 3 nitrogen and oxygen atoms in total. The molecule has 0 aliphatic heterocycles. The molecule has 0 bridgehead atoms. The van der Waals surface area contributed by atoms with E-state index in [4.69, 9.17) is 10.0 Å². The lowest BCUT2D eigenvalue weighted by Gasteiger charge is -2.04. The van der Waals surface area contributed by atoms with Crippen LogP contribution >= 0.6 is 15.9 Å². The van der Waals surface area contributed by atoms with Crippen LogP contribution in [0.25, 0.3) is 0 Å². The highest BCUT2D eigenvalue weighted by Gasteiger charge is 2.12. The first kappa shape index (κ1) is 10.7. The van der Waals surface area contributed by atoms with E-state index in [9.17, 15) is 0 Å². The Balaban J connectivity index is 2.97. The maximum Gasteiger partial charge on any atom is 0.490 e. The summed E-state index contributed by atoms with van der Waals surface area (Å²) in [6.07, 6.45) is 3.34. The van der Waals surface area contributed by atoms with Gasteiger partial charge in [0.25, 0.3) is 0 Å². The van der Waals surface area contributed by atoms with Crippen LogP contribution in [-0.4, -0.2) is 22.2 Å². The molecule has 0 atom stereocenters. The molecule has 1 heterocycles. The molecule has 1 aromatic heterocycles. The van der Waals surface area contributed by atoms with Crippen LogP contribution < -0.4 is 5.46 Å². The van der Waals surface area contributed by atoms with E-state index in [1.54, 1.807) is 6.07 Å². The predicted molar refractivity (Wildman–Crippen MR) is 55.8 cm³/mol. The molecule has 0 unspecified atom stereocenters. The molecule has 0 saturated heterocycles. The second-order valence-electron chi connectivity index (χ2n) is 2.84. The monoisotopic (exact) mass is 243 g/mol. The van der Waals surface area contributed by atoms with Gasteiger partial charge in [0.2, 0.25) is 0 Å². The quantitative estimate of drug-likeness (QED) is 0.600. The Kier molecular flexibility index (Phi) is 3.90. The van der Waals surface area contributed by atoms with Gasteiger partial charge in [0.1, 0.15) is 4.60 Å². The van der Waals surface area contributed by atoms with Gasteiger partial charge >= 0.3 is 7.12 Å². The molecule has 5 heteroatoms. The van der Waals surface area contributed by atoms with E-state index in [1.807, 2.05) is 0 Å². The number of rotatable bonds is 3. The molecular weight excluding hydrogens is 233 g/mol. The van der Waals surface area contributed by atoms with Crippen LogP contribution in [0, 0.1) is 0 Å². The van der Waals surface area contributed by atoms with Crippen molar-refractivity contribution in [2.24, 2.45) is 0 Å². The minimum atomic E-state index is -1.43. The van der Waals surface area contributed by atoms with Crippen molar-refractivity contribution >= 4 is 28.5 Å². The summed E-state index contributed by atoms with van der Waals surface area (Å²) >= 11 is 3.31. The smallest absolute Gasteiger partial charge is 0.423 e. The Morgan fingerprint density at radius 3 is 2.77 bits per heavy atom. The first-order valence-corrected chi connectivity index (χ1v) is 4.95. The molecule has 70 valence electrons. The van der Waals surface area contributed by atoms with Crippen molar-refractivity contribution in [2.45, 2.75) is 19.8 Å². The second-order valence-corrected chi connectivity index (χ2v) is 3.59. The van der Waals surface area contributed by atoms with Crippen LogP contribution in [0.15, 0.2) is 16.9 Å². The average Bonchev–Trinajstić information content (AvgIpc) is 2.08. The van der Waals surface area contributed by atoms with E-state index in [1.165, 1.54) is 6.20 Å². The Bertz CT molecular complexity index is 293. The molecule has 1 rings (SSSR count). The Hall–Kier alpha value is -0.385. The summed E-state index contributed by atoms with van der Waals surface area (Å²) in [6, 6.07) is 1.76. The summed E-state index contributed by atoms with van der Waals surface area (Å²) in [4.78, 5) is 4.02. The van der Waals surface area contributed by atoms with E-state index in [-0.39, 0.29) is 0 Å². The molecule has 0 fully saturated rings. The third-order valence-electron chi connectivity index (χ3n) is 1.75. The van der Waals surface area contributed by atoms with Gasteiger partial charge in [-0.25, -0.2) is 4.98 Å². The standard InChI is InChI=1S/C8H11BBrNO2/c1-2-3-6-4-7(9(12)13)5-11-8(6)10/h4-5,12-13H,2-3H2,1H3.